The molecule has 2 fully saturated rings. The van der Waals surface area contributed by atoms with Gasteiger partial charge in [0.15, 0.2) is 0 Å². The van der Waals surface area contributed by atoms with Crippen molar-refractivity contribution in [3.05, 3.63) is 0 Å². The number of β-amino-alcohol motifs (C(OH)–C–C–N with tert-alkyl or cyclic N) is 1. The molecule has 2 saturated heterocycles. The Kier molecular flexibility index (Phi) is 3.46. The molecule has 17 heavy (non-hydrogen) atoms. The molecule has 0 aromatic heterocycles. The summed E-state index contributed by atoms with van der Waals surface area (Å²) in [6, 6.07) is 0. The molecule has 0 saturated carbocycles. The first-order chi connectivity index (χ1) is 7.99. The summed E-state index contributed by atoms with van der Waals surface area (Å²) in [6.45, 7) is 7.04. The van der Waals surface area contributed by atoms with Gasteiger partial charge < -0.3 is 15.3 Å². The van der Waals surface area contributed by atoms with Crippen LogP contribution < -0.4 is 5.32 Å². The molecule has 2 aliphatic rings. The van der Waals surface area contributed by atoms with Crippen LogP contribution in [0.1, 0.15) is 39.5 Å². The number of carbonyl (C=O) groups is 1. The van der Waals surface area contributed by atoms with E-state index in [2.05, 4.69) is 19.2 Å². The van der Waals surface area contributed by atoms with E-state index < -0.39 is 5.60 Å². The molecular formula is C13H24N2O2. The van der Waals surface area contributed by atoms with Crippen molar-refractivity contribution in [1.82, 2.24) is 10.2 Å². The van der Waals surface area contributed by atoms with Crippen LogP contribution in [0.4, 0.5) is 0 Å². The van der Waals surface area contributed by atoms with Gasteiger partial charge in [-0.2, -0.15) is 0 Å². The van der Waals surface area contributed by atoms with E-state index in [9.17, 15) is 9.90 Å². The summed E-state index contributed by atoms with van der Waals surface area (Å²) in [5.74, 6) is 0.236. The van der Waals surface area contributed by atoms with Crippen molar-refractivity contribution in [2.24, 2.45) is 5.41 Å². The molecule has 2 heterocycles. The lowest BCUT2D eigenvalue weighted by molar-refractivity contribution is -0.167. The lowest BCUT2D eigenvalue weighted by Gasteiger charge is -2.50. The van der Waals surface area contributed by atoms with E-state index >= 15 is 0 Å². The Morgan fingerprint density at radius 2 is 1.94 bits per heavy atom. The van der Waals surface area contributed by atoms with Crippen molar-refractivity contribution >= 4 is 5.91 Å². The number of likely N-dealkylation sites (tertiary alicyclic amines) is 1. The number of carbonyl (C=O) groups excluding carboxylic acids is 1. The summed E-state index contributed by atoms with van der Waals surface area (Å²) in [6.07, 6.45) is 3.60. The Morgan fingerprint density at radius 1 is 1.35 bits per heavy atom. The number of aliphatic hydroxyl groups is 1. The van der Waals surface area contributed by atoms with E-state index in [0.29, 0.717) is 13.1 Å². The van der Waals surface area contributed by atoms with E-state index in [0.717, 1.165) is 38.8 Å². The van der Waals surface area contributed by atoms with Gasteiger partial charge in [-0.25, -0.2) is 0 Å². The van der Waals surface area contributed by atoms with Crippen molar-refractivity contribution in [3.63, 3.8) is 0 Å². The Morgan fingerprint density at radius 3 is 2.47 bits per heavy atom. The molecule has 2 aliphatic heterocycles. The molecule has 2 rings (SSSR count). The van der Waals surface area contributed by atoms with Gasteiger partial charge in [0.1, 0.15) is 0 Å². The largest absolute Gasteiger partial charge is 0.386 e. The Balaban J connectivity index is 1.90. The van der Waals surface area contributed by atoms with Crippen molar-refractivity contribution in [2.45, 2.75) is 45.1 Å². The van der Waals surface area contributed by atoms with Crippen LogP contribution in [0.2, 0.25) is 0 Å². The van der Waals surface area contributed by atoms with Gasteiger partial charge >= 0.3 is 0 Å². The van der Waals surface area contributed by atoms with Crippen molar-refractivity contribution in [2.75, 3.05) is 26.2 Å². The summed E-state index contributed by atoms with van der Waals surface area (Å²) < 4.78 is 0. The second kappa shape index (κ2) is 4.58. The quantitative estimate of drug-likeness (QED) is 0.765. The highest BCUT2D eigenvalue weighted by atomic mass is 16.3. The average molecular weight is 240 g/mol. The first kappa shape index (κ1) is 12.8. The van der Waals surface area contributed by atoms with Crippen LogP contribution in [0, 0.1) is 5.41 Å². The van der Waals surface area contributed by atoms with Crippen LogP contribution in [0.25, 0.3) is 0 Å². The van der Waals surface area contributed by atoms with E-state index in [1.54, 1.807) is 0 Å². The molecule has 0 radical (unpaired) electrons. The molecule has 0 aromatic rings. The third-order valence-corrected chi connectivity index (χ3v) is 4.20. The predicted octanol–water partition coefficient (Wildman–Crippen LogP) is 0.749. The molecule has 98 valence electrons. The highest BCUT2D eigenvalue weighted by molar-refractivity contribution is 5.83. The summed E-state index contributed by atoms with van der Waals surface area (Å²) in [5, 5.41) is 13.4. The summed E-state index contributed by atoms with van der Waals surface area (Å²) in [4.78, 5) is 14.2. The van der Waals surface area contributed by atoms with Gasteiger partial charge in [-0.15, -0.1) is 0 Å². The minimum Gasteiger partial charge on any atom is -0.386 e. The first-order valence-electron chi connectivity index (χ1n) is 6.72. The third kappa shape index (κ3) is 2.47. The first-order valence-corrected chi connectivity index (χ1v) is 6.72. The van der Waals surface area contributed by atoms with Crippen molar-refractivity contribution in [3.8, 4) is 0 Å². The van der Waals surface area contributed by atoms with Crippen LogP contribution in [-0.2, 0) is 4.79 Å². The van der Waals surface area contributed by atoms with Crippen molar-refractivity contribution in [1.29, 1.82) is 0 Å². The van der Waals surface area contributed by atoms with E-state index in [-0.39, 0.29) is 11.3 Å². The maximum absolute atomic E-state index is 12.4. The van der Waals surface area contributed by atoms with Gasteiger partial charge in [0.2, 0.25) is 5.91 Å². The lowest BCUT2D eigenvalue weighted by atomic mass is 9.77. The molecule has 1 amide bonds. The van der Waals surface area contributed by atoms with E-state index in [4.69, 9.17) is 0 Å². The third-order valence-electron chi connectivity index (χ3n) is 4.20. The second-order valence-electron chi connectivity index (χ2n) is 5.95. The Bertz CT molecular complexity index is 292. The molecule has 0 unspecified atom stereocenters. The van der Waals surface area contributed by atoms with Gasteiger partial charge in [-0.05, 0) is 32.4 Å². The topological polar surface area (TPSA) is 52.6 Å². The minimum absolute atomic E-state index is 0.210. The number of nitrogens with one attached hydrogen (secondary N) is 1. The molecule has 0 aromatic carbocycles. The highest BCUT2D eigenvalue weighted by Crippen LogP contribution is 2.35. The molecule has 4 nitrogen and oxygen atoms in total. The monoisotopic (exact) mass is 240 g/mol. The number of nitrogens with zero attached hydrogens (tertiary/aromatic N) is 1. The minimum atomic E-state index is -0.603. The fourth-order valence-electron chi connectivity index (χ4n) is 3.01. The number of hydrogen-bond acceptors (Lipinski definition) is 3. The molecule has 2 N–H and O–H groups in total. The smallest absolute Gasteiger partial charge is 0.228 e. The van der Waals surface area contributed by atoms with Gasteiger partial charge in [0.25, 0.3) is 0 Å². The van der Waals surface area contributed by atoms with Crippen molar-refractivity contribution < 1.29 is 9.90 Å². The normalized spacial score (nSPS) is 26.4. The zero-order chi connectivity index (χ0) is 12.5. The zero-order valence-electron chi connectivity index (χ0n) is 11.0. The SMILES string of the molecule is CCCC1(O)CN(C(=O)C2(C)CCNCC2)C1. The van der Waals surface area contributed by atoms with Crippen LogP contribution in [0.3, 0.4) is 0 Å². The second-order valence-corrected chi connectivity index (χ2v) is 5.95. The Hall–Kier alpha value is -0.610. The number of hydrogen-bond donors (Lipinski definition) is 2. The maximum Gasteiger partial charge on any atom is 0.228 e. The van der Waals surface area contributed by atoms with Crippen LogP contribution in [-0.4, -0.2) is 47.7 Å². The highest BCUT2D eigenvalue weighted by Gasteiger charge is 2.47. The zero-order valence-corrected chi connectivity index (χ0v) is 11.0. The fraction of sp³-hybridized carbons (Fsp3) is 0.923. The average Bonchev–Trinajstić information content (AvgIpc) is 2.26. The fourth-order valence-corrected chi connectivity index (χ4v) is 3.01. The molecule has 0 aliphatic carbocycles. The number of piperidine rings is 1. The predicted molar refractivity (Wildman–Crippen MR) is 66.6 cm³/mol. The van der Waals surface area contributed by atoms with Gasteiger partial charge in [0.05, 0.1) is 18.7 Å². The maximum atomic E-state index is 12.4. The number of amides is 1. The molecule has 0 bridgehead atoms. The molecule has 0 atom stereocenters. The van der Waals surface area contributed by atoms with E-state index in [1.807, 2.05) is 4.90 Å². The van der Waals surface area contributed by atoms with E-state index in [1.165, 1.54) is 0 Å². The lowest BCUT2D eigenvalue weighted by Crippen LogP contribution is -2.66. The van der Waals surface area contributed by atoms with Gasteiger partial charge in [-0.3, -0.25) is 4.79 Å². The summed E-state index contributed by atoms with van der Waals surface area (Å²) in [5.41, 5.74) is -0.813. The van der Waals surface area contributed by atoms with Crippen LogP contribution >= 0.6 is 0 Å². The van der Waals surface area contributed by atoms with Gasteiger partial charge in [0, 0.05) is 5.41 Å². The molecule has 4 heteroatoms. The standard InChI is InChI=1S/C13H24N2O2/c1-3-4-13(17)9-15(10-13)11(16)12(2)5-7-14-8-6-12/h14,17H,3-10H2,1-2H3. The summed E-state index contributed by atoms with van der Waals surface area (Å²) >= 11 is 0. The van der Waals surface area contributed by atoms with Crippen LogP contribution in [0.5, 0.6) is 0 Å². The number of rotatable bonds is 3. The summed E-state index contributed by atoms with van der Waals surface area (Å²) in [7, 11) is 0. The van der Waals surface area contributed by atoms with Gasteiger partial charge in [-0.1, -0.05) is 20.3 Å². The molecule has 0 spiro atoms. The molecular weight excluding hydrogens is 216 g/mol. The van der Waals surface area contributed by atoms with Crippen LogP contribution in [0.15, 0.2) is 0 Å². The Labute approximate surface area is 103 Å².